The Labute approximate surface area is 109 Å². The summed E-state index contributed by atoms with van der Waals surface area (Å²) in [6.45, 7) is 0. The van der Waals surface area contributed by atoms with Crippen LogP contribution in [0.1, 0.15) is 50.1 Å². The first-order chi connectivity index (χ1) is 8.36. The van der Waals surface area contributed by atoms with Crippen LogP contribution in [0.3, 0.4) is 0 Å². The summed E-state index contributed by atoms with van der Waals surface area (Å²) >= 11 is 3.52. The second-order valence-electron chi connectivity index (χ2n) is 4.87. The molecule has 2 nitrogen and oxygen atoms in total. The van der Waals surface area contributed by atoms with Crippen molar-refractivity contribution in [2.75, 3.05) is 0 Å². The summed E-state index contributed by atoms with van der Waals surface area (Å²) in [4.78, 5) is 0. The third kappa shape index (κ3) is 2.13. The largest absolute Gasteiger partial charge is 0.355 e. The molecule has 0 radical (unpaired) electrons. The molecule has 1 aliphatic carbocycles. The van der Waals surface area contributed by atoms with Gasteiger partial charge in [-0.05, 0) is 40.9 Å². The highest BCUT2D eigenvalue weighted by atomic mass is 79.9. The molecule has 0 atom stereocenters. The van der Waals surface area contributed by atoms with E-state index in [0.717, 1.165) is 10.1 Å². The molecule has 1 heterocycles. The smallest absolute Gasteiger partial charge is 0.181 e. The van der Waals surface area contributed by atoms with E-state index in [4.69, 9.17) is 4.52 Å². The Kier molecular flexibility index (Phi) is 3.19. The summed E-state index contributed by atoms with van der Waals surface area (Å²) in [6.07, 6.45) is 7.91. The van der Waals surface area contributed by atoms with Crippen molar-refractivity contribution in [3.8, 4) is 0 Å². The summed E-state index contributed by atoms with van der Waals surface area (Å²) in [5.41, 5.74) is 2.06. The van der Waals surface area contributed by atoms with Crippen LogP contribution in [-0.2, 0) is 0 Å². The van der Waals surface area contributed by atoms with E-state index in [-0.39, 0.29) is 0 Å². The SMILES string of the molecule is Brc1cccc2c(C3CCCCCC3)noc12. The van der Waals surface area contributed by atoms with Crippen LogP contribution >= 0.6 is 15.9 Å². The Bertz CT molecular complexity index is 512. The van der Waals surface area contributed by atoms with E-state index in [1.807, 2.05) is 6.07 Å². The van der Waals surface area contributed by atoms with Crippen LogP contribution in [0.4, 0.5) is 0 Å². The van der Waals surface area contributed by atoms with Gasteiger partial charge in [0.2, 0.25) is 0 Å². The van der Waals surface area contributed by atoms with Crippen LogP contribution in [0.15, 0.2) is 27.2 Å². The number of hydrogen-bond acceptors (Lipinski definition) is 2. The van der Waals surface area contributed by atoms with Gasteiger partial charge >= 0.3 is 0 Å². The number of aromatic nitrogens is 1. The van der Waals surface area contributed by atoms with Crippen molar-refractivity contribution < 1.29 is 4.52 Å². The number of para-hydroxylation sites is 1. The summed E-state index contributed by atoms with van der Waals surface area (Å²) in [6, 6.07) is 6.19. The first-order valence-electron chi connectivity index (χ1n) is 6.40. The fourth-order valence-corrected chi connectivity index (χ4v) is 3.23. The van der Waals surface area contributed by atoms with E-state index in [0.29, 0.717) is 5.92 Å². The quantitative estimate of drug-likeness (QED) is 0.689. The second-order valence-corrected chi connectivity index (χ2v) is 5.73. The molecule has 1 aliphatic rings. The van der Waals surface area contributed by atoms with Crippen LogP contribution in [0.25, 0.3) is 11.0 Å². The zero-order valence-electron chi connectivity index (χ0n) is 9.79. The van der Waals surface area contributed by atoms with E-state index in [9.17, 15) is 0 Å². The Balaban J connectivity index is 2.02. The molecule has 90 valence electrons. The molecule has 0 saturated heterocycles. The van der Waals surface area contributed by atoms with Crippen molar-refractivity contribution in [1.29, 1.82) is 0 Å². The molecule has 1 aromatic carbocycles. The van der Waals surface area contributed by atoms with Crippen LogP contribution in [0.2, 0.25) is 0 Å². The fourth-order valence-electron chi connectivity index (χ4n) is 2.79. The molecule has 17 heavy (non-hydrogen) atoms. The van der Waals surface area contributed by atoms with E-state index in [1.54, 1.807) is 0 Å². The predicted molar refractivity (Wildman–Crippen MR) is 72.2 cm³/mol. The molecular weight excluding hydrogens is 278 g/mol. The van der Waals surface area contributed by atoms with Crippen molar-refractivity contribution in [3.63, 3.8) is 0 Å². The van der Waals surface area contributed by atoms with Crippen LogP contribution < -0.4 is 0 Å². The first-order valence-corrected chi connectivity index (χ1v) is 7.19. The maximum Gasteiger partial charge on any atom is 0.181 e. The molecule has 1 saturated carbocycles. The minimum atomic E-state index is 0.591. The molecule has 0 bridgehead atoms. The van der Waals surface area contributed by atoms with Gasteiger partial charge in [0, 0.05) is 11.3 Å². The fraction of sp³-hybridized carbons (Fsp3) is 0.500. The molecule has 2 aromatic rings. The summed E-state index contributed by atoms with van der Waals surface area (Å²) in [5, 5.41) is 5.50. The van der Waals surface area contributed by atoms with Gasteiger partial charge in [-0.25, -0.2) is 0 Å². The van der Waals surface area contributed by atoms with Crippen molar-refractivity contribution in [2.45, 2.75) is 44.4 Å². The standard InChI is InChI=1S/C14H16BrNO/c15-12-9-5-8-11-13(16-17-14(11)12)10-6-3-1-2-4-7-10/h5,8-10H,1-4,6-7H2. The molecule has 0 aliphatic heterocycles. The van der Waals surface area contributed by atoms with Crippen molar-refractivity contribution >= 4 is 26.9 Å². The Morgan fingerprint density at radius 3 is 2.65 bits per heavy atom. The first kappa shape index (κ1) is 11.3. The third-order valence-corrected chi connectivity index (χ3v) is 4.34. The Morgan fingerprint density at radius 2 is 1.88 bits per heavy atom. The van der Waals surface area contributed by atoms with Gasteiger partial charge in [-0.3, -0.25) is 0 Å². The normalized spacial score (nSPS) is 18.4. The average Bonchev–Trinajstić information content (AvgIpc) is 2.59. The van der Waals surface area contributed by atoms with E-state index >= 15 is 0 Å². The van der Waals surface area contributed by atoms with Gasteiger partial charge in [-0.2, -0.15) is 0 Å². The highest BCUT2D eigenvalue weighted by Crippen LogP contribution is 2.36. The van der Waals surface area contributed by atoms with E-state index in [2.05, 4.69) is 33.2 Å². The monoisotopic (exact) mass is 293 g/mol. The van der Waals surface area contributed by atoms with Gasteiger partial charge in [-0.15, -0.1) is 0 Å². The second kappa shape index (κ2) is 4.81. The average molecular weight is 294 g/mol. The highest BCUT2D eigenvalue weighted by Gasteiger charge is 2.21. The van der Waals surface area contributed by atoms with Crippen molar-refractivity contribution in [3.05, 3.63) is 28.4 Å². The maximum atomic E-state index is 5.48. The lowest BCUT2D eigenvalue weighted by Gasteiger charge is -2.10. The van der Waals surface area contributed by atoms with E-state index < -0.39 is 0 Å². The maximum absolute atomic E-state index is 5.48. The molecule has 3 rings (SSSR count). The molecule has 0 spiro atoms. The number of halogens is 1. The van der Waals surface area contributed by atoms with Gasteiger partial charge in [-0.1, -0.05) is 36.9 Å². The van der Waals surface area contributed by atoms with Gasteiger partial charge < -0.3 is 4.52 Å². The topological polar surface area (TPSA) is 26.0 Å². The Hall–Kier alpha value is -0.830. The number of nitrogens with zero attached hydrogens (tertiary/aromatic N) is 1. The minimum Gasteiger partial charge on any atom is -0.355 e. The van der Waals surface area contributed by atoms with Gasteiger partial charge in [0.15, 0.2) is 5.58 Å². The lowest BCUT2D eigenvalue weighted by Crippen LogP contribution is -1.97. The summed E-state index contributed by atoms with van der Waals surface area (Å²) < 4.78 is 6.48. The number of fused-ring (bicyclic) bond motifs is 1. The predicted octanol–water partition coefficient (Wildman–Crippen LogP) is 5.03. The number of hydrogen-bond donors (Lipinski definition) is 0. The number of rotatable bonds is 1. The lowest BCUT2D eigenvalue weighted by atomic mass is 9.94. The number of benzene rings is 1. The summed E-state index contributed by atoms with van der Waals surface area (Å²) in [7, 11) is 0. The highest BCUT2D eigenvalue weighted by molar-refractivity contribution is 9.10. The molecule has 1 fully saturated rings. The van der Waals surface area contributed by atoms with Gasteiger partial charge in [0.05, 0.1) is 10.2 Å². The van der Waals surface area contributed by atoms with E-state index in [1.165, 1.54) is 49.6 Å². The van der Waals surface area contributed by atoms with Crippen LogP contribution in [0.5, 0.6) is 0 Å². The zero-order valence-corrected chi connectivity index (χ0v) is 11.4. The molecular formula is C14H16BrNO. The molecule has 1 aromatic heterocycles. The molecule has 0 amide bonds. The van der Waals surface area contributed by atoms with Crippen LogP contribution in [-0.4, -0.2) is 5.16 Å². The van der Waals surface area contributed by atoms with Crippen molar-refractivity contribution in [1.82, 2.24) is 5.16 Å². The van der Waals surface area contributed by atoms with Gasteiger partial charge in [0.25, 0.3) is 0 Å². The third-order valence-electron chi connectivity index (χ3n) is 3.72. The molecule has 0 unspecified atom stereocenters. The Morgan fingerprint density at radius 1 is 1.12 bits per heavy atom. The van der Waals surface area contributed by atoms with Crippen LogP contribution in [0, 0.1) is 0 Å². The van der Waals surface area contributed by atoms with Gasteiger partial charge in [0.1, 0.15) is 0 Å². The molecule has 3 heteroatoms. The van der Waals surface area contributed by atoms with Crippen molar-refractivity contribution in [2.24, 2.45) is 0 Å². The molecule has 0 N–H and O–H groups in total. The minimum absolute atomic E-state index is 0.591. The summed E-state index contributed by atoms with van der Waals surface area (Å²) in [5.74, 6) is 0.591. The zero-order chi connectivity index (χ0) is 11.7. The lowest BCUT2D eigenvalue weighted by molar-refractivity contribution is 0.427.